The minimum Gasteiger partial charge on any atom is -0.468 e. The highest BCUT2D eigenvalue weighted by molar-refractivity contribution is 5.92. The number of halogens is 3. The predicted octanol–water partition coefficient (Wildman–Crippen LogP) is 4.23. The lowest BCUT2D eigenvalue weighted by Crippen LogP contribution is -2.09. The fraction of sp³-hybridized carbons (Fsp3) is 0.190. The molecule has 1 saturated heterocycles. The molecule has 1 unspecified atom stereocenters. The molecule has 8 heteroatoms. The third kappa shape index (κ3) is 4.49. The Morgan fingerprint density at radius 1 is 1.00 bits per heavy atom. The number of carbonyl (C=O) groups is 1. The van der Waals surface area contributed by atoms with Crippen LogP contribution < -0.4 is 9.47 Å². The molecule has 3 aromatic rings. The lowest BCUT2D eigenvalue weighted by molar-refractivity contribution is 0.00821. The number of rotatable bonds is 7. The van der Waals surface area contributed by atoms with Gasteiger partial charge in [0.05, 0.1) is 18.8 Å². The van der Waals surface area contributed by atoms with Crippen molar-refractivity contribution in [2.45, 2.75) is 6.10 Å². The van der Waals surface area contributed by atoms with E-state index in [9.17, 15) is 18.0 Å². The van der Waals surface area contributed by atoms with E-state index in [0.717, 1.165) is 6.07 Å². The molecular weight excluding hydrogens is 389 g/mol. The molecule has 0 saturated carbocycles. The number of hydrogen-bond donors (Lipinski definition) is 0. The van der Waals surface area contributed by atoms with E-state index < -0.39 is 23.4 Å². The molecule has 0 aromatic heterocycles. The lowest BCUT2D eigenvalue weighted by Gasteiger charge is -2.09. The first-order valence-electron chi connectivity index (χ1n) is 8.73. The molecule has 1 aliphatic rings. The van der Waals surface area contributed by atoms with Crippen LogP contribution in [0.25, 0.3) is 10.8 Å². The van der Waals surface area contributed by atoms with Gasteiger partial charge in [0.2, 0.25) is 0 Å². The molecule has 0 radical (unpaired) electrons. The van der Waals surface area contributed by atoms with Crippen LogP contribution in [0, 0.1) is 17.5 Å². The maximum Gasteiger partial charge on any atom is 0.343 e. The molecule has 3 aromatic carbocycles. The fourth-order valence-corrected chi connectivity index (χ4v) is 2.65. The van der Waals surface area contributed by atoms with E-state index in [1.807, 2.05) is 0 Å². The second-order valence-corrected chi connectivity index (χ2v) is 6.37. The lowest BCUT2D eigenvalue weighted by atomic mass is 10.1. The van der Waals surface area contributed by atoms with E-state index in [2.05, 4.69) is 0 Å². The summed E-state index contributed by atoms with van der Waals surface area (Å²) < 4.78 is 61.4. The maximum absolute atomic E-state index is 13.8. The van der Waals surface area contributed by atoms with Crippen molar-refractivity contribution < 1.29 is 36.9 Å². The third-order valence-corrected chi connectivity index (χ3v) is 4.26. The van der Waals surface area contributed by atoms with Crippen LogP contribution in [0.1, 0.15) is 10.4 Å². The van der Waals surface area contributed by atoms with Gasteiger partial charge in [0.1, 0.15) is 17.6 Å². The molecule has 0 N–H and O–H groups in total. The second-order valence-electron chi connectivity index (χ2n) is 6.37. The second kappa shape index (κ2) is 8.10. The molecule has 4 rings (SSSR count). The van der Waals surface area contributed by atoms with E-state index >= 15 is 0 Å². The largest absolute Gasteiger partial charge is 0.468 e. The van der Waals surface area contributed by atoms with Gasteiger partial charge in [-0.3, -0.25) is 0 Å². The topological polar surface area (TPSA) is 57.3 Å². The quantitative estimate of drug-likeness (QED) is 0.147. The van der Waals surface area contributed by atoms with Crippen molar-refractivity contribution in [1.82, 2.24) is 0 Å². The van der Waals surface area contributed by atoms with Gasteiger partial charge >= 0.3 is 5.97 Å². The van der Waals surface area contributed by atoms with Crippen molar-refractivity contribution in [2.75, 3.05) is 20.0 Å². The van der Waals surface area contributed by atoms with Crippen LogP contribution in [0.2, 0.25) is 0 Å². The SMILES string of the molecule is O=C(Oc1ccc2c(F)c(F)c(F)cc2c1)c1ccc(OCOCC2CO2)cc1. The predicted molar refractivity (Wildman–Crippen MR) is 96.4 cm³/mol. The Morgan fingerprint density at radius 3 is 2.45 bits per heavy atom. The summed E-state index contributed by atoms with van der Waals surface area (Å²) in [5, 5.41) is -0.0345. The third-order valence-electron chi connectivity index (χ3n) is 4.26. The number of benzene rings is 3. The van der Waals surface area contributed by atoms with E-state index in [1.54, 1.807) is 12.1 Å². The summed E-state index contributed by atoms with van der Waals surface area (Å²) in [6.07, 6.45) is 0.151. The number of ether oxygens (including phenoxy) is 4. The number of epoxide rings is 1. The Hall–Kier alpha value is -3.10. The Balaban J connectivity index is 1.39. The Morgan fingerprint density at radius 2 is 1.72 bits per heavy atom. The van der Waals surface area contributed by atoms with Crippen molar-refractivity contribution in [3.63, 3.8) is 0 Å². The van der Waals surface area contributed by atoms with Gasteiger partial charge in [-0.1, -0.05) is 0 Å². The van der Waals surface area contributed by atoms with Gasteiger partial charge in [0.15, 0.2) is 24.2 Å². The molecular formula is C21H15F3O5. The summed E-state index contributed by atoms with van der Waals surface area (Å²) in [6.45, 7) is 1.24. The minimum absolute atomic E-state index is 0.0639. The summed E-state index contributed by atoms with van der Waals surface area (Å²) in [5.41, 5.74) is 0.251. The first kappa shape index (κ1) is 19.2. The van der Waals surface area contributed by atoms with Gasteiger partial charge in [-0.15, -0.1) is 0 Å². The summed E-state index contributed by atoms with van der Waals surface area (Å²) in [4.78, 5) is 12.3. The number of hydrogen-bond acceptors (Lipinski definition) is 5. The minimum atomic E-state index is -1.55. The van der Waals surface area contributed by atoms with Gasteiger partial charge in [-0.05, 0) is 53.9 Å². The molecule has 0 spiro atoms. The van der Waals surface area contributed by atoms with Gasteiger partial charge in [0, 0.05) is 5.39 Å². The molecule has 0 aliphatic carbocycles. The standard InChI is InChI=1S/C21H15F3O5/c22-18-8-13-7-15(5-6-17(13)19(23)20(18)24)29-21(25)12-1-3-14(4-2-12)28-11-26-9-16-10-27-16/h1-8,16H,9-11H2. The van der Waals surface area contributed by atoms with E-state index in [-0.39, 0.29) is 35.0 Å². The molecule has 1 heterocycles. The van der Waals surface area contributed by atoms with Crippen LogP contribution in [0.3, 0.4) is 0 Å². The molecule has 1 atom stereocenters. The fourth-order valence-electron chi connectivity index (χ4n) is 2.65. The van der Waals surface area contributed by atoms with E-state index in [4.69, 9.17) is 18.9 Å². The van der Waals surface area contributed by atoms with Crippen LogP contribution in [-0.4, -0.2) is 32.1 Å². The number of esters is 1. The molecule has 1 aliphatic heterocycles. The van der Waals surface area contributed by atoms with Crippen molar-refractivity contribution in [2.24, 2.45) is 0 Å². The van der Waals surface area contributed by atoms with Gasteiger partial charge in [0.25, 0.3) is 0 Å². The average Bonchev–Trinajstić information content (AvgIpc) is 3.54. The summed E-state index contributed by atoms with van der Waals surface area (Å²) in [5.74, 6) is -4.23. The van der Waals surface area contributed by atoms with Crippen molar-refractivity contribution in [1.29, 1.82) is 0 Å². The monoisotopic (exact) mass is 404 g/mol. The summed E-state index contributed by atoms with van der Waals surface area (Å²) >= 11 is 0. The zero-order chi connectivity index (χ0) is 20.4. The smallest absolute Gasteiger partial charge is 0.343 e. The average molecular weight is 404 g/mol. The molecule has 0 amide bonds. The zero-order valence-corrected chi connectivity index (χ0v) is 15.0. The summed E-state index contributed by atoms with van der Waals surface area (Å²) in [6, 6.07) is 10.8. The van der Waals surface area contributed by atoms with Crippen LogP contribution in [-0.2, 0) is 9.47 Å². The van der Waals surface area contributed by atoms with Crippen LogP contribution in [0.15, 0.2) is 48.5 Å². The molecule has 150 valence electrons. The first-order chi connectivity index (χ1) is 14.0. The maximum atomic E-state index is 13.8. The van der Waals surface area contributed by atoms with Gasteiger partial charge in [-0.2, -0.15) is 0 Å². The molecule has 0 bridgehead atoms. The van der Waals surface area contributed by atoms with Gasteiger partial charge < -0.3 is 18.9 Å². The molecule has 5 nitrogen and oxygen atoms in total. The highest BCUT2D eigenvalue weighted by Gasteiger charge is 2.22. The van der Waals surface area contributed by atoms with E-state index in [1.165, 1.54) is 30.3 Å². The summed E-state index contributed by atoms with van der Waals surface area (Å²) in [7, 11) is 0. The van der Waals surface area contributed by atoms with Crippen molar-refractivity contribution >= 4 is 16.7 Å². The van der Waals surface area contributed by atoms with Crippen molar-refractivity contribution in [3.8, 4) is 11.5 Å². The number of fused-ring (bicyclic) bond motifs is 1. The normalized spacial score (nSPS) is 15.3. The van der Waals surface area contributed by atoms with Crippen LogP contribution >= 0.6 is 0 Å². The number of carbonyl (C=O) groups excluding carboxylic acids is 1. The van der Waals surface area contributed by atoms with Gasteiger partial charge in [-0.25, -0.2) is 18.0 Å². The molecule has 1 fully saturated rings. The highest BCUT2D eigenvalue weighted by atomic mass is 19.2. The Bertz CT molecular complexity index is 1050. The molecule has 29 heavy (non-hydrogen) atoms. The zero-order valence-electron chi connectivity index (χ0n) is 15.0. The van der Waals surface area contributed by atoms with E-state index in [0.29, 0.717) is 19.0 Å². The first-order valence-corrected chi connectivity index (χ1v) is 8.73. The van der Waals surface area contributed by atoms with Crippen LogP contribution in [0.4, 0.5) is 13.2 Å². The Labute approximate surface area is 163 Å². The van der Waals surface area contributed by atoms with Crippen molar-refractivity contribution in [3.05, 3.63) is 71.5 Å². The highest BCUT2D eigenvalue weighted by Crippen LogP contribution is 2.27. The Kier molecular flexibility index (Phi) is 5.37. The van der Waals surface area contributed by atoms with Crippen LogP contribution in [0.5, 0.6) is 11.5 Å².